The molecule has 0 aliphatic heterocycles. The average molecular weight is 168 g/mol. The number of hydrogen-bond donors (Lipinski definition) is 3. The van der Waals surface area contributed by atoms with Crippen molar-refractivity contribution in [3.05, 3.63) is 24.3 Å². The predicted molar refractivity (Wildman–Crippen MR) is 46.7 cm³/mol. The highest BCUT2D eigenvalue weighted by atomic mass is 16.8. The summed E-state index contributed by atoms with van der Waals surface area (Å²) in [5.41, 5.74) is 1.31. The van der Waals surface area contributed by atoms with Crippen molar-refractivity contribution in [3.8, 4) is 0 Å². The second-order valence-corrected chi connectivity index (χ2v) is 2.37. The molecule has 0 amide bonds. The van der Waals surface area contributed by atoms with E-state index in [2.05, 4.69) is 5.32 Å². The van der Waals surface area contributed by atoms with E-state index in [1.54, 1.807) is 24.3 Å². The summed E-state index contributed by atoms with van der Waals surface area (Å²) in [6.07, 6.45) is 0. The molecule has 4 nitrogen and oxygen atoms in total. The highest BCUT2D eigenvalue weighted by molar-refractivity contribution is 5.52. The molecule has 0 spiro atoms. The Morgan fingerprint density at radius 2 is 1.83 bits per heavy atom. The fourth-order valence-electron chi connectivity index (χ4n) is 0.917. The van der Waals surface area contributed by atoms with Crippen LogP contribution in [-0.4, -0.2) is 17.0 Å². The van der Waals surface area contributed by atoms with Crippen molar-refractivity contribution in [1.29, 1.82) is 0 Å². The number of benzene rings is 1. The van der Waals surface area contributed by atoms with Gasteiger partial charge in [-0.2, -0.15) is 0 Å². The van der Waals surface area contributed by atoms with E-state index in [1.165, 1.54) is 0 Å². The van der Waals surface area contributed by atoms with Crippen LogP contribution in [0.3, 0.4) is 0 Å². The molecule has 0 aromatic heterocycles. The lowest BCUT2D eigenvalue weighted by Gasteiger charge is -2.08. The zero-order valence-corrected chi connectivity index (χ0v) is 6.86. The van der Waals surface area contributed by atoms with E-state index in [-0.39, 0.29) is 5.23 Å². The van der Waals surface area contributed by atoms with Crippen LogP contribution in [0.25, 0.3) is 0 Å². The molecule has 0 bridgehead atoms. The quantitative estimate of drug-likeness (QED) is 0.601. The molecule has 0 heterocycles. The Morgan fingerprint density at radius 3 is 2.25 bits per heavy atom. The van der Waals surface area contributed by atoms with E-state index < -0.39 is 0 Å². The molecule has 0 saturated carbocycles. The molecule has 0 radical (unpaired) electrons. The Kier molecular flexibility index (Phi) is 2.90. The molecular weight excluding hydrogens is 156 g/mol. The fourth-order valence-corrected chi connectivity index (χ4v) is 0.917. The minimum absolute atomic E-state index is 0.0930. The maximum atomic E-state index is 8.61. The third-order valence-corrected chi connectivity index (χ3v) is 1.48. The summed E-state index contributed by atoms with van der Waals surface area (Å²) in [7, 11) is 0. The summed E-state index contributed by atoms with van der Waals surface area (Å²) in [6.45, 7) is 2.85. The van der Waals surface area contributed by atoms with Crippen LogP contribution in [0.1, 0.15) is 6.92 Å². The number of nitrogens with one attached hydrogen (secondary N) is 1. The van der Waals surface area contributed by atoms with Gasteiger partial charge in [-0.25, -0.2) is 0 Å². The zero-order valence-electron chi connectivity index (χ0n) is 6.86. The number of rotatable bonds is 3. The van der Waals surface area contributed by atoms with Crippen LogP contribution >= 0.6 is 0 Å². The number of nitrogens with zero attached hydrogens (tertiary/aromatic N) is 1. The van der Waals surface area contributed by atoms with Crippen molar-refractivity contribution in [2.45, 2.75) is 6.92 Å². The minimum Gasteiger partial charge on any atom is -0.385 e. The first-order valence-electron chi connectivity index (χ1n) is 3.76. The smallest absolute Gasteiger partial charge is 0.0944 e. The molecule has 0 aliphatic carbocycles. The van der Waals surface area contributed by atoms with E-state index in [9.17, 15) is 0 Å². The molecule has 66 valence electrons. The van der Waals surface area contributed by atoms with E-state index in [1.807, 2.05) is 6.92 Å². The second-order valence-electron chi connectivity index (χ2n) is 2.37. The van der Waals surface area contributed by atoms with Crippen LogP contribution in [0.4, 0.5) is 11.4 Å². The normalized spacial score (nSPS) is 9.58. The lowest BCUT2D eigenvalue weighted by Crippen LogP contribution is -2.10. The Hall–Kier alpha value is -1.26. The lowest BCUT2D eigenvalue weighted by molar-refractivity contribution is 0.0292. The molecule has 0 saturated heterocycles. The summed E-state index contributed by atoms with van der Waals surface area (Å²) in [6, 6.07) is 6.77. The average Bonchev–Trinajstić information content (AvgIpc) is 2.06. The van der Waals surface area contributed by atoms with Crippen molar-refractivity contribution < 1.29 is 10.4 Å². The van der Waals surface area contributed by atoms with Gasteiger partial charge in [0, 0.05) is 12.2 Å². The third-order valence-electron chi connectivity index (χ3n) is 1.48. The number of anilines is 2. The van der Waals surface area contributed by atoms with Gasteiger partial charge in [0.05, 0.1) is 5.69 Å². The van der Waals surface area contributed by atoms with Crippen LogP contribution in [0.15, 0.2) is 24.3 Å². The van der Waals surface area contributed by atoms with Gasteiger partial charge in [0.2, 0.25) is 0 Å². The van der Waals surface area contributed by atoms with Crippen LogP contribution in [0.2, 0.25) is 0 Å². The Labute approximate surface area is 71.0 Å². The molecule has 0 unspecified atom stereocenters. The summed E-state index contributed by atoms with van der Waals surface area (Å²) < 4.78 is 0. The van der Waals surface area contributed by atoms with E-state index in [4.69, 9.17) is 10.4 Å². The topological polar surface area (TPSA) is 55.7 Å². The van der Waals surface area contributed by atoms with Crippen molar-refractivity contribution in [2.75, 3.05) is 17.1 Å². The summed E-state index contributed by atoms with van der Waals surface area (Å²) >= 11 is 0. The standard InChI is InChI=1S/C8H12N2O2/c1-2-9-7-3-5-8(6-4-7)10(11)12/h3-6,9,11-12H,2H2,1H3. The molecule has 12 heavy (non-hydrogen) atoms. The molecule has 3 N–H and O–H groups in total. The molecule has 4 heteroatoms. The lowest BCUT2D eigenvalue weighted by atomic mass is 10.3. The summed E-state index contributed by atoms with van der Waals surface area (Å²) in [5, 5.41) is 20.4. The van der Waals surface area contributed by atoms with E-state index in [0.717, 1.165) is 12.2 Å². The van der Waals surface area contributed by atoms with Crippen LogP contribution in [0, 0.1) is 0 Å². The number of hydrogen-bond acceptors (Lipinski definition) is 4. The van der Waals surface area contributed by atoms with Crippen LogP contribution in [0.5, 0.6) is 0 Å². The monoisotopic (exact) mass is 168 g/mol. The first-order chi connectivity index (χ1) is 5.74. The van der Waals surface area contributed by atoms with Gasteiger partial charge in [-0.05, 0) is 31.2 Å². The first-order valence-corrected chi connectivity index (χ1v) is 3.76. The SMILES string of the molecule is CCNc1ccc(N(O)O)cc1. The maximum Gasteiger partial charge on any atom is 0.0944 e. The van der Waals surface area contributed by atoms with Gasteiger partial charge < -0.3 is 5.32 Å². The first kappa shape index (κ1) is 8.83. The molecule has 1 aromatic carbocycles. The fraction of sp³-hybridized carbons (Fsp3) is 0.250. The Bertz CT molecular complexity index is 233. The van der Waals surface area contributed by atoms with Crippen LogP contribution < -0.4 is 10.5 Å². The highest BCUT2D eigenvalue weighted by Gasteiger charge is 1.96. The summed E-state index contributed by atoms with van der Waals surface area (Å²) in [4.78, 5) is 0. The highest BCUT2D eigenvalue weighted by Crippen LogP contribution is 2.14. The van der Waals surface area contributed by atoms with E-state index in [0.29, 0.717) is 5.69 Å². The van der Waals surface area contributed by atoms with Gasteiger partial charge >= 0.3 is 0 Å². The van der Waals surface area contributed by atoms with Crippen molar-refractivity contribution in [1.82, 2.24) is 0 Å². The zero-order chi connectivity index (χ0) is 8.97. The third kappa shape index (κ3) is 2.11. The summed E-state index contributed by atoms with van der Waals surface area (Å²) in [5.74, 6) is 0. The van der Waals surface area contributed by atoms with Gasteiger partial charge in [-0.3, -0.25) is 10.4 Å². The van der Waals surface area contributed by atoms with Crippen molar-refractivity contribution in [3.63, 3.8) is 0 Å². The van der Waals surface area contributed by atoms with Gasteiger partial charge in [0.15, 0.2) is 0 Å². The molecule has 1 rings (SSSR count). The van der Waals surface area contributed by atoms with E-state index >= 15 is 0 Å². The van der Waals surface area contributed by atoms with Gasteiger partial charge in [0.1, 0.15) is 0 Å². The maximum absolute atomic E-state index is 8.61. The molecule has 0 aliphatic rings. The molecule has 1 aromatic rings. The van der Waals surface area contributed by atoms with Crippen molar-refractivity contribution in [2.24, 2.45) is 0 Å². The molecule has 0 fully saturated rings. The van der Waals surface area contributed by atoms with Gasteiger partial charge in [-0.1, -0.05) is 0 Å². The Balaban J connectivity index is 2.71. The minimum atomic E-state index is 0.0930. The second kappa shape index (κ2) is 3.94. The van der Waals surface area contributed by atoms with Crippen molar-refractivity contribution >= 4 is 11.4 Å². The van der Waals surface area contributed by atoms with Gasteiger partial charge in [0.25, 0.3) is 0 Å². The largest absolute Gasteiger partial charge is 0.385 e. The van der Waals surface area contributed by atoms with Gasteiger partial charge in [-0.15, -0.1) is 5.23 Å². The molecule has 0 atom stereocenters. The predicted octanol–water partition coefficient (Wildman–Crippen LogP) is 1.70. The van der Waals surface area contributed by atoms with Crippen LogP contribution in [-0.2, 0) is 0 Å². The Morgan fingerprint density at radius 1 is 1.25 bits per heavy atom. The molecular formula is C8H12N2O2.